The molecule has 0 fully saturated rings. The number of amides is 1. The lowest BCUT2D eigenvalue weighted by atomic mass is 10.0. The first-order valence-electron chi connectivity index (χ1n) is 5.67. The van der Waals surface area contributed by atoms with Gasteiger partial charge in [-0.15, -0.1) is 12.4 Å². The number of nitrogens with one attached hydrogen (secondary N) is 1. The Bertz CT molecular complexity index is 355. The normalized spacial score (nSPS) is 11.5. The summed E-state index contributed by atoms with van der Waals surface area (Å²) in [6, 6.07) is 8.20. The topological polar surface area (TPSA) is 55.1 Å². The summed E-state index contributed by atoms with van der Waals surface area (Å²) in [7, 11) is 0. The average molecular weight is 257 g/mol. The molecule has 4 heteroatoms. The van der Waals surface area contributed by atoms with E-state index in [2.05, 4.69) is 24.4 Å². The molecule has 0 aliphatic rings. The summed E-state index contributed by atoms with van der Waals surface area (Å²) >= 11 is 0. The van der Waals surface area contributed by atoms with Crippen LogP contribution < -0.4 is 11.1 Å². The van der Waals surface area contributed by atoms with Gasteiger partial charge in [0.1, 0.15) is 0 Å². The summed E-state index contributed by atoms with van der Waals surface area (Å²) in [6.45, 7) is 4.46. The molecule has 1 aromatic carbocycles. The van der Waals surface area contributed by atoms with E-state index >= 15 is 0 Å². The second-order valence-electron chi connectivity index (χ2n) is 4.13. The summed E-state index contributed by atoms with van der Waals surface area (Å²) in [5.74, 6) is 0.0706. The zero-order valence-electron chi connectivity index (χ0n) is 10.4. The van der Waals surface area contributed by atoms with Gasteiger partial charge in [-0.1, -0.05) is 24.3 Å². The first-order chi connectivity index (χ1) is 7.63. The maximum atomic E-state index is 11.5. The number of aryl methyl sites for hydroxylation is 2. The van der Waals surface area contributed by atoms with Crippen molar-refractivity contribution in [3.63, 3.8) is 0 Å². The molecule has 0 aromatic heterocycles. The second-order valence-corrected chi connectivity index (χ2v) is 4.13. The quantitative estimate of drug-likeness (QED) is 0.844. The standard InChI is InChI=1S/C13H20N2O.ClH/c1-10-5-3-4-6-12(10)7-8-13(16)15-11(2)9-14;/h3-6,11H,7-9,14H2,1-2H3,(H,15,16);1H/t11-;/m1./s1. The molecule has 0 aliphatic carbocycles. The summed E-state index contributed by atoms with van der Waals surface area (Å²) in [5, 5.41) is 2.86. The Labute approximate surface area is 109 Å². The molecule has 0 spiro atoms. The number of hydrogen-bond donors (Lipinski definition) is 2. The van der Waals surface area contributed by atoms with Gasteiger partial charge >= 0.3 is 0 Å². The third-order valence-corrected chi connectivity index (χ3v) is 2.64. The van der Waals surface area contributed by atoms with Gasteiger partial charge in [0, 0.05) is 19.0 Å². The highest BCUT2D eigenvalue weighted by Crippen LogP contribution is 2.09. The monoisotopic (exact) mass is 256 g/mol. The first kappa shape index (κ1) is 15.9. The minimum Gasteiger partial charge on any atom is -0.352 e. The van der Waals surface area contributed by atoms with E-state index in [1.807, 2.05) is 19.1 Å². The molecule has 0 radical (unpaired) electrons. The molecule has 0 unspecified atom stereocenters. The van der Waals surface area contributed by atoms with E-state index in [-0.39, 0.29) is 24.4 Å². The fourth-order valence-electron chi connectivity index (χ4n) is 1.54. The van der Waals surface area contributed by atoms with E-state index in [9.17, 15) is 4.79 Å². The van der Waals surface area contributed by atoms with Crippen LogP contribution >= 0.6 is 12.4 Å². The lowest BCUT2D eigenvalue weighted by Gasteiger charge is -2.11. The van der Waals surface area contributed by atoms with Crippen LogP contribution in [0.4, 0.5) is 0 Å². The molecule has 3 nitrogen and oxygen atoms in total. The van der Waals surface area contributed by atoms with Crippen LogP contribution in [0.3, 0.4) is 0 Å². The van der Waals surface area contributed by atoms with E-state index in [0.29, 0.717) is 13.0 Å². The van der Waals surface area contributed by atoms with Gasteiger partial charge < -0.3 is 11.1 Å². The van der Waals surface area contributed by atoms with Crippen molar-refractivity contribution in [3.8, 4) is 0 Å². The predicted molar refractivity (Wildman–Crippen MR) is 73.4 cm³/mol. The van der Waals surface area contributed by atoms with Crippen molar-refractivity contribution < 1.29 is 4.79 Å². The van der Waals surface area contributed by atoms with Gasteiger partial charge in [-0.3, -0.25) is 4.79 Å². The summed E-state index contributed by atoms with van der Waals surface area (Å²) in [4.78, 5) is 11.5. The van der Waals surface area contributed by atoms with Crippen LogP contribution in [-0.4, -0.2) is 18.5 Å². The predicted octanol–water partition coefficient (Wildman–Crippen LogP) is 1.81. The lowest BCUT2D eigenvalue weighted by molar-refractivity contribution is -0.121. The number of halogens is 1. The van der Waals surface area contributed by atoms with Crippen molar-refractivity contribution in [2.75, 3.05) is 6.54 Å². The van der Waals surface area contributed by atoms with Crippen LogP contribution in [0.5, 0.6) is 0 Å². The van der Waals surface area contributed by atoms with E-state index in [1.54, 1.807) is 0 Å². The van der Waals surface area contributed by atoms with Crippen molar-refractivity contribution in [2.45, 2.75) is 32.7 Å². The number of rotatable bonds is 5. The first-order valence-corrected chi connectivity index (χ1v) is 5.67. The second kappa shape index (κ2) is 8.09. The van der Waals surface area contributed by atoms with Crippen LogP contribution in [0.25, 0.3) is 0 Å². The van der Waals surface area contributed by atoms with Crippen LogP contribution in [0.1, 0.15) is 24.5 Å². The number of nitrogens with two attached hydrogens (primary N) is 1. The highest BCUT2D eigenvalue weighted by atomic mass is 35.5. The Balaban J connectivity index is 0.00000256. The van der Waals surface area contributed by atoms with E-state index in [1.165, 1.54) is 11.1 Å². The molecule has 96 valence electrons. The van der Waals surface area contributed by atoms with Crippen LogP contribution in [0, 0.1) is 6.92 Å². The fraction of sp³-hybridized carbons (Fsp3) is 0.462. The zero-order chi connectivity index (χ0) is 12.0. The van der Waals surface area contributed by atoms with E-state index in [0.717, 1.165) is 6.42 Å². The molecule has 1 aromatic rings. The van der Waals surface area contributed by atoms with Crippen LogP contribution in [0.15, 0.2) is 24.3 Å². The molecule has 0 saturated carbocycles. The highest BCUT2D eigenvalue weighted by molar-refractivity contribution is 5.85. The van der Waals surface area contributed by atoms with E-state index in [4.69, 9.17) is 5.73 Å². The molecule has 3 N–H and O–H groups in total. The minimum atomic E-state index is 0. The smallest absolute Gasteiger partial charge is 0.220 e. The van der Waals surface area contributed by atoms with Gasteiger partial charge in [0.05, 0.1) is 0 Å². The van der Waals surface area contributed by atoms with E-state index < -0.39 is 0 Å². The summed E-state index contributed by atoms with van der Waals surface area (Å²) < 4.78 is 0. The van der Waals surface area contributed by atoms with Gasteiger partial charge in [-0.25, -0.2) is 0 Å². The molecule has 17 heavy (non-hydrogen) atoms. The minimum absolute atomic E-state index is 0. The molecule has 0 aliphatic heterocycles. The van der Waals surface area contributed by atoms with Gasteiger partial charge in [0.25, 0.3) is 0 Å². The lowest BCUT2D eigenvalue weighted by Crippen LogP contribution is -2.37. The Kier molecular flexibility index (Phi) is 7.59. The molecule has 1 amide bonds. The molecule has 1 atom stereocenters. The SMILES string of the molecule is Cc1ccccc1CCC(=O)N[C@H](C)CN.Cl. The maximum absolute atomic E-state index is 11.5. The maximum Gasteiger partial charge on any atom is 0.220 e. The number of carbonyl (C=O) groups is 1. The number of hydrogen-bond acceptors (Lipinski definition) is 2. The Morgan fingerprint density at radius 3 is 2.65 bits per heavy atom. The zero-order valence-corrected chi connectivity index (χ0v) is 11.2. The third kappa shape index (κ3) is 5.71. The van der Waals surface area contributed by atoms with Crippen molar-refractivity contribution in [1.82, 2.24) is 5.32 Å². The summed E-state index contributed by atoms with van der Waals surface area (Å²) in [5.41, 5.74) is 7.91. The number of benzene rings is 1. The Morgan fingerprint density at radius 2 is 2.06 bits per heavy atom. The van der Waals surface area contributed by atoms with Crippen molar-refractivity contribution in [1.29, 1.82) is 0 Å². The average Bonchev–Trinajstić information content (AvgIpc) is 2.28. The fourth-order valence-corrected chi connectivity index (χ4v) is 1.54. The molecular weight excluding hydrogens is 236 g/mol. The van der Waals surface area contributed by atoms with Gasteiger partial charge in [0.15, 0.2) is 0 Å². The van der Waals surface area contributed by atoms with Gasteiger partial charge in [-0.05, 0) is 31.4 Å². The molecule has 0 bridgehead atoms. The van der Waals surface area contributed by atoms with Crippen molar-refractivity contribution >= 4 is 18.3 Å². The third-order valence-electron chi connectivity index (χ3n) is 2.64. The van der Waals surface area contributed by atoms with Crippen molar-refractivity contribution in [3.05, 3.63) is 35.4 Å². The van der Waals surface area contributed by atoms with Gasteiger partial charge in [-0.2, -0.15) is 0 Å². The molecular formula is C13H21ClN2O. The largest absolute Gasteiger partial charge is 0.352 e. The molecule has 1 rings (SSSR count). The summed E-state index contributed by atoms with van der Waals surface area (Å²) in [6.07, 6.45) is 1.31. The Hall–Kier alpha value is -1.06. The highest BCUT2D eigenvalue weighted by Gasteiger charge is 2.06. The van der Waals surface area contributed by atoms with Gasteiger partial charge in [0.2, 0.25) is 5.91 Å². The van der Waals surface area contributed by atoms with Crippen molar-refractivity contribution in [2.24, 2.45) is 5.73 Å². The van der Waals surface area contributed by atoms with Crippen LogP contribution in [0.2, 0.25) is 0 Å². The van der Waals surface area contributed by atoms with Crippen LogP contribution in [-0.2, 0) is 11.2 Å². The Morgan fingerprint density at radius 1 is 1.41 bits per heavy atom. The number of carbonyl (C=O) groups excluding carboxylic acids is 1. The molecule has 0 heterocycles. The molecule has 0 saturated heterocycles.